The number of nitrogens with zero attached hydrogens (tertiary/aromatic N) is 3. The summed E-state index contributed by atoms with van der Waals surface area (Å²) in [5.74, 6) is -0.935. The number of allylic oxidation sites excluding steroid dienone is 3. The van der Waals surface area contributed by atoms with Gasteiger partial charge in [-0.25, -0.2) is 4.52 Å². The van der Waals surface area contributed by atoms with Crippen molar-refractivity contribution in [3.63, 3.8) is 0 Å². The van der Waals surface area contributed by atoms with Gasteiger partial charge >= 0.3 is 0 Å². The molecule has 0 fully saturated rings. The lowest BCUT2D eigenvalue weighted by Gasteiger charge is -2.08. The fourth-order valence-corrected chi connectivity index (χ4v) is 3.86. The van der Waals surface area contributed by atoms with Crippen LogP contribution in [0.2, 0.25) is 0 Å². The van der Waals surface area contributed by atoms with E-state index in [0.29, 0.717) is 16.9 Å². The molecule has 0 unspecified atom stereocenters. The molecule has 7 nitrogen and oxygen atoms in total. The van der Waals surface area contributed by atoms with Crippen LogP contribution in [-0.4, -0.2) is 26.4 Å². The van der Waals surface area contributed by atoms with Gasteiger partial charge < -0.3 is 11.1 Å². The van der Waals surface area contributed by atoms with Crippen molar-refractivity contribution in [2.45, 2.75) is 20.8 Å². The summed E-state index contributed by atoms with van der Waals surface area (Å²) in [7, 11) is 0. The SMILES string of the molecule is C=C(C)/C(=C\C)c1cn2ncc(C(=O)Nc3cc(C(N)=O)cnc3C)c2s1.[HH].[HH]. The molecule has 0 aliphatic carbocycles. The number of fused-ring (bicyclic) bond motifs is 1. The molecule has 3 aromatic rings. The summed E-state index contributed by atoms with van der Waals surface area (Å²) in [4.78, 5) is 29.9. The molecule has 0 aliphatic heterocycles. The van der Waals surface area contributed by atoms with Gasteiger partial charge in [0, 0.05) is 15.2 Å². The van der Waals surface area contributed by atoms with Gasteiger partial charge in [-0.1, -0.05) is 12.7 Å². The van der Waals surface area contributed by atoms with Crippen molar-refractivity contribution in [2.75, 3.05) is 5.32 Å². The first-order chi connectivity index (χ1) is 12.8. The summed E-state index contributed by atoms with van der Waals surface area (Å²) in [6.45, 7) is 9.61. The van der Waals surface area contributed by atoms with E-state index in [1.165, 1.54) is 29.8 Å². The molecule has 3 N–H and O–H groups in total. The van der Waals surface area contributed by atoms with Gasteiger partial charge in [0.1, 0.15) is 4.83 Å². The van der Waals surface area contributed by atoms with Gasteiger partial charge in [0.05, 0.1) is 33.6 Å². The first-order valence-electron chi connectivity index (χ1n) is 8.19. The minimum atomic E-state index is -0.604. The molecule has 0 aliphatic rings. The van der Waals surface area contributed by atoms with Crippen molar-refractivity contribution in [2.24, 2.45) is 5.73 Å². The molecule has 3 aromatic heterocycles. The smallest absolute Gasteiger partial charge is 0.260 e. The largest absolute Gasteiger partial charge is 0.366 e. The second kappa shape index (κ2) is 7.16. The molecule has 0 saturated heterocycles. The van der Waals surface area contributed by atoms with Crippen LogP contribution in [0.3, 0.4) is 0 Å². The average molecular weight is 385 g/mol. The summed E-state index contributed by atoms with van der Waals surface area (Å²) in [5, 5.41) is 7.05. The zero-order valence-corrected chi connectivity index (χ0v) is 16.1. The van der Waals surface area contributed by atoms with Gasteiger partial charge in [0.25, 0.3) is 5.91 Å². The van der Waals surface area contributed by atoms with Crippen molar-refractivity contribution in [1.29, 1.82) is 0 Å². The number of primary amides is 1. The summed E-state index contributed by atoms with van der Waals surface area (Å²) in [6.07, 6.45) is 6.76. The Morgan fingerprint density at radius 3 is 2.78 bits per heavy atom. The van der Waals surface area contributed by atoms with Gasteiger partial charge in [-0.2, -0.15) is 5.10 Å². The number of nitrogens with two attached hydrogens (primary N) is 1. The van der Waals surface area contributed by atoms with Crippen LogP contribution >= 0.6 is 11.3 Å². The Bertz CT molecular complexity index is 1120. The number of nitrogens with one attached hydrogen (secondary N) is 1. The number of carbonyl (C=O) groups excluding carboxylic acids is 2. The Morgan fingerprint density at radius 1 is 1.41 bits per heavy atom. The Morgan fingerprint density at radius 2 is 2.15 bits per heavy atom. The zero-order chi connectivity index (χ0) is 19.7. The number of carbonyl (C=O) groups is 2. The van der Waals surface area contributed by atoms with E-state index >= 15 is 0 Å². The molecule has 0 aromatic carbocycles. The summed E-state index contributed by atoms with van der Waals surface area (Å²) >= 11 is 1.46. The molecule has 142 valence electrons. The molecule has 8 heteroatoms. The maximum absolute atomic E-state index is 12.8. The topological polar surface area (TPSA) is 102 Å². The Balaban J connectivity index is 0.00000210. The van der Waals surface area contributed by atoms with Crippen LogP contribution in [0.25, 0.3) is 10.4 Å². The van der Waals surface area contributed by atoms with Crippen molar-refractivity contribution < 1.29 is 12.4 Å². The maximum atomic E-state index is 12.8. The number of rotatable bonds is 5. The van der Waals surface area contributed by atoms with E-state index in [-0.39, 0.29) is 14.3 Å². The number of thiazole rings is 1. The van der Waals surface area contributed by atoms with Crippen LogP contribution in [0.15, 0.2) is 42.9 Å². The first kappa shape index (κ1) is 18.5. The fourth-order valence-electron chi connectivity index (χ4n) is 2.65. The van der Waals surface area contributed by atoms with Gasteiger partial charge in [-0.15, -0.1) is 11.3 Å². The second-order valence-electron chi connectivity index (χ2n) is 6.06. The number of pyridine rings is 1. The molecule has 0 atom stereocenters. The van der Waals surface area contributed by atoms with Gasteiger partial charge in [0.15, 0.2) is 0 Å². The number of anilines is 1. The third-order valence-electron chi connectivity index (χ3n) is 4.07. The van der Waals surface area contributed by atoms with Crippen LogP contribution in [0.5, 0.6) is 0 Å². The average Bonchev–Trinajstić information content (AvgIpc) is 3.17. The van der Waals surface area contributed by atoms with E-state index in [0.717, 1.165) is 20.9 Å². The predicted octanol–water partition coefficient (Wildman–Crippen LogP) is 3.92. The fraction of sp³-hybridized carbons (Fsp3) is 0.158. The molecule has 0 bridgehead atoms. The quantitative estimate of drug-likeness (QED) is 0.650. The first-order valence-corrected chi connectivity index (χ1v) is 9.01. The number of amides is 2. The van der Waals surface area contributed by atoms with Crippen LogP contribution in [0, 0.1) is 6.92 Å². The molecule has 2 amide bonds. The highest BCUT2D eigenvalue weighted by atomic mass is 32.1. The molecule has 0 saturated carbocycles. The maximum Gasteiger partial charge on any atom is 0.260 e. The lowest BCUT2D eigenvalue weighted by atomic mass is 10.1. The summed E-state index contributed by atoms with van der Waals surface area (Å²) in [6, 6.07) is 1.52. The van der Waals surface area contributed by atoms with E-state index in [1.54, 1.807) is 11.4 Å². The van der Waals surface area contributed by atoms with Gasteiger partial charge in [-0.05, 0) is 38.0 Å². The molecule has 0 spiro atoms. The Kier molecular flexibility index (Phi) is 4.91. The van der Waals surface area contributed by atoms with Crippen molar-refractivity contribution in [3.05, 3.63) is 64.6 Å². The van der Waals surface area contributed by atoms with E-state index in [1.807, 2.05) is 26.1 Å². The highest BCUT2D eigenvalue weighted by Gasteiger charge is 2.18. The van der Waals surface area contributed by atoms with E-state index in [4.69, 9.17) is 5.73 Å². The lowest BCUT2D eigenvalue weighted by Crippen LogP contribution is -2.16. The number of aryl methyl sites for hydroxylation is 1. The number of aromatic nitrogens is 3. The highest BCUT2D eigenvalue weighted by Crippen LogP contribution is 2.31. The minimum Gasteiger partial charge on any atom is -0.366 e. The Labute approximate surface area is 163 Å². The lowest BCUT2D eigenvalue weighted by molar-refractivity contribution is 0.0996. The van der Waals surface area contributed by atoms with Crippen molar-refractivity contribution in [1.82, 2.24) is 14.6 Å². The number of hydrogen-bond donors (Lipinski definition) is 2. The Hall–Kier alpha value is -3.26. The molecule has 3 rings (SSSR count). The van der Waals surface area contributed by atoms with Crippen LogP contribution in [0.4, 0.5) is 5.69 Å². The van der Waals surface area contributed by atoms with Crippen molar-refractivity contribution in [3.8, 4) is 0 Å². The molecule has 3 heterocycles. The zero-order valence-electron chi connectivity index (χ0n) is 15.2. The van der Waals surface area contributed by atoms with E-state index < -0.39 is 5.91 Å². The van der Waals surface area contributed by atoms with Crippen LogP contribution in [-0.2, 0) is 0 Å². The van der Waals surface area contributed by atoms with Gasteiger partial charge in [0.2, 0.25) is 5.91 Å². The third kappa shape index (κ3) is 3.52. The minimum absolute atomic E-state index is 0. The summed E-state index contributed by atoms with van der Waals surface area (Å²) < 4.78 is 1.67. The molecule has 27 heavy (non-hydrogen) atoms. The third-order valence-corrected chi connectivity index (χ3v) is 5.22. The molecule has 0 radical (unpaired) electrons. The van der Waals surface area contributed by atoms with Crippen LogP contribution < -0.4 is 11.1 Å². The highest BCUT2D eigenvalue weighted by molar-refractivity contribution is 7.18. The van der Waals surface area contributed by atoms with Gasteiger partial charge in [-0.3, -0.25) is 14.6 Å². The van der Waals surface area contributed by atoms with Crippen LogP contribution in [0.1, 0.15) is 48.0 Å². The molecular weight excluding hydrogens is 362 g/mol. The monoisotopic (exact) mass is 385 g/mol. The summed E-state index contributed by atoms with van der Waals surface area (Å²) in [5.41, 5.74) is 8.93. The van der Waals surface area contributed by atoms with E-state index in [9.17, 15) is 9.59 Å². The molecular formula is C19H23N5O2S. The predicted molar refractivity (Wildman–Crippen MR) is 111 cm³/mol. The normalized spacial score (nSPS) is 11.6. The number of hydrogen-bond acceptors (Lipinski definition) is 5. The second-order valence-corrected chi connectivity index (χ2v) is 7.09. The van der Waals surface area contributed by atoms with Crippen molar-refractivity contribution >= 4 is 39.2 Å². The van der Waals surface area contributed by atoms with E-state index in [2.05, 4.69) is 22.0 Å². The standard InChI is InChI=1S/C19H19N5O2S.2H2/c1-5-13(10(2)3)16-9-24-19(27-16)14(8-22-24)18(26)23-15-6-12(17(20)25)7-21-11(15)4;;/h5-9H,2H2,1,3-4H3,(H2,20,25)(H,23,26);2*1H/b13-5+;;.